The molecule has 0 radical (unpaired) electrons. The summed E-state index contributed by atoms with van der Waals surface area (Å²) in [4.78, 5) is 10.5. The Morgan fingerprint density at radius 3 is 2.67 bits per heavy atom. The summed E-state index contributed by atoms with van der Waals surface area (Å²) >= 11 is 0. The summed E-state index contributed by atoms with van der Waals surface area (Å²) in [7, 11) is 0. The lowest BCUT2D eigenvalue weighted by molar-refractivity contribution is -0.120. The second-order valence-electron chi connectivity index (χ2n) is 2.06. The van der Waals surface area contributed by atoms with Gasteiger partial charge in [0.1, 0.15) is 0 Å². The SMILES string of the molecule is NC(=O)C1C=CC=CC1. The maximum Gasteiger partial charge on any atom is 0.224 e. The quantitative estimate of drug-likeness (QED) is 0.545. The summed E-state index contributed by atoms with van der Waals surface area (Å²) in [5.74, 6) is -0.314. The largest absolute Gasteiger partial charge is 0.369 e. The van der Waals surface area contributed by atoms with Crippen molar-refractivity contribution in [3.8, 4) is 0 Å². The van der Waals surface area contributed by atoms with Gasteiger partial charge < -0.3 is 5.73 Å². The predicted octanol–water partition coefficient (Wildman–Crippen LogP) is 0.604. The van der Waals surface area contributed by atoms with Crippen LogP contribution in [0.1, 0.15) is 6.42 Å². The van der Waals surface area contributed by atoms with E-state index < -0.39 is 0 Å². The van der Waals surface area contributed by atoms with Crippen molar-refractivity contribution < 1.29 is 4.79 Å². The van der Waals surface area contributed by atoms with Gasteiger partial charge in [-0.3, -0.25) is 4.79 Å². The Balaban J connectivity index is 2.56. The van der Waals surface area contributed by atoms with Crippen LogP contribution >= 0.6 is 0 Å². The Bertz CT molecular complexity index is 170. The second-order valence-corrected chi connectivity index (χ2v) is 2.06. The molecule has 0 saturated heterocycles. The van der Waals surface area contributed by atoms with E-state index in [0.717, 1.165) is 6.42 Å². The minimum atomic E-state index is -0.240. The number of primary amides is 1. The van der Waals surface area contributed by atoms with Gasteiger partial charge in [-0.15, -0.1) is 0 Å². The Labute approximate surface area is 54.0 Å². The number of rotatable bonds is 1. The number of carbonyl (C=O) groups is 1. The molecule has 1 unspecified atom stereocenters. The molecule has 1 rings (SSSR count). The Hall–Kier alpha value is -1.05. The smallest absolute Gasteiger partial charge is 0.224 e. The highest BCUT2D eigenvalue weighted by molar-refractivity contribution is 5.78. The van der Waals surface area contributed by atoms with E-state index in [0.29, 0.717) is 0 Å². The molecule has 0 fully saturated rings. The number of hydrogen-bond donors (Lipinski definition) is 1. The van der Waals surface area contributed by atoms with Crippen molar-refractivity contribution in [2.75, 3.05) is 0 Å². The average molecular weight is 123 g/mol. The van der Waals surface area contributed by atoms with Gasteiger partial charge in [0.15, 0.2) is 0 Å². The van der Waals surface area contributed by atoms with Gasteiger partial charge in [0.2, 0.25) is 5.91 Å². The van der Waals surface area contributed by atoms with Crippen molar-refractivity contribution in [2.45, 2.75) is 6.42 Å². The van der Waals surface area contributed by atoms with Crippen molar-refractivity contribution >= 4 is 5.91 Å². The monoisotopic (exact) mass is 123 g/mol. The van der Waals surface area contributed by atoms with Crippen LogP contribution in [0.25, 0.3) is 0 Å². The Morgan fingerprint density at radius 1 is 1.56 bits per heavy atom. The van der Waals surface area contributed by atoms with Gasteiger partial charge in [-0.25, -0.2) is 0 Å². The maximum absolute atomic E-state index is 10.5. The van der Waals surface area contributed by atoms with Crippen LogP contribution in [0.5, 0.6) is 0 Å². The molecule has 0 aromatic heterocycles. The Kier molecular flexibility index (Phi) is 1.68. The summed E-state index contributed by atoms with van der Waals surface area (Å²) in [6, 6.07) is 0. The first-order valence-corrected chi connectivity index (χ1v) is 2.93. The number of nitrogens with two attached hydrogens (primary N) is 1. The molecular formula is C7H9NO. The molecule has 0 heterocycles. The van der Waals surface area contributed by atoms with Crippen molar-refractivity contribution in [2.24, 2.45) is 11.7 Å². The van der Waals surface area contributed by atoms with Crippen LogP contribution in [-0.4, -0.2) is 5.91 Å². The van der Waals surface area contributed by atoms with Crippen LogP contribution in [0.2, 0.25) is 0 Å². The number of hydrogen-bond acceptors (Lipinski definition) is 1. The van der Waals surface area contributed by atoms with Crippen molar-refractivity contribution in [3.05, 3.63) is 24.3 Å². The highest BCUT2D eigenvalue weighted by Crippen LogP contribution is 2.09. The highest BCUT2D eigenvalue weighted by atomic mass is 16.1. The van der Waals surface area contributed by atoms with E-state index >= 15 is 0 Å². The number of carbonyl (C=O) groups excluding carboxylic acids is 1. The Morgan fingerprint density at radius 2 is 2.33 bits per heavy atom. The predicted molar refractivity (Wildman–Crippen MR) is 35.6 cm³/mol. The average Bonchev–Trinajstić information content (AvgIpc) is 1.90. The topological polar surface area (TPSA) is 43.1 Å². The van der Waals surface area contributed by atoms with Gasteiger partial charge in [0.05, 0.1) is 5.92 Å². The normalized spacial score (nSPS) is 24.2. The van der Waals surface area contributed by atoms with Crippen LogP contribution in [0.3, 0.4) is 0 Å². The molecule has 1 atom stereocenters. The summed E-state index contributed by atoms with van der Waals surface area (Å²) in [6.45, 7) is 0. The van der Waals surface area contributed by atoms with Gasteiger partial charge in [-0.2, -0.15) is 0 Å². The van der Waals surface area contributed by atoms with Gasteiger partial charge in [-0.1, -0.05) is 24.3 Å². The van der Waals surface area contributed by atoms with E-state index in [1.54, 1.807) is 0 Å². The molecule has 1 aliphatic carbocycles. The molecule has 0 aliphatic heterocycles. The number of allylic oxidation sites excluding steroid dienone is 3. The molecule has 1 aliphatic rings. The van der Waals surface area contributed by atoms with Gasteiger partial charge in [0.25, 0.3) is 0 Å². The van der Waals surface area contributed by atoms with Crippen molar-refractivity contribution in [3.63, 3.8) is 0 Å². The highest BCUT2D eigenvalue weighted by Gasteiger charge is 2.09. The molecule has 2 N–H and O–H groups in total. The van der Waals surface area contributed by atoms with E-state index in [2.05, 4.69) is 0 Å². The fourth-order valence-corrected chi connectivity index (χ4v) is 0.792. The van der Waals surface area contributed by atoms with Crippen LogP contribution in [0, 0.1) is 5.92 Å². The van der Waals surface area contributed by atoms with E-state index in [9.17, 15) is 4.79 Å². The molecule has 0 saturated carbocycles. The molecule has 2 nitrogen and oxygen atoms in total. The number of amides is 1. The summed E-state index contributed by atoms with van der Waals surface area (Å²) < 4.78 is 0. The molecule has 0 bridgehead atoms. The molecular weight excluding hydrogens is 114 g/mol. The third-order valence-electron chi connectivity index (χ3n) is 1.35. The first-order valence-electron chi connectivity index (χ1n) is 2.93. The van der Waals surface area contributed by atoms with Crippen LogP contribution in [0.15, 0.2) is 24.3 Å². The van der Waals surface area contributed by atoms with Gasteiger partial charge >= 0.3 is 0 Å². The van der Waals surface area contributed by atoms with Crippen LogP contribution < -0.4 is 5.73 Å². The van der Waals surface area contributed by atoms with E-state index in [1.165, 1.54) is 0 Å². The van der Waals surface area contributed by atoms with E-state index in [-0.39, 0.29) is 11.8 Å². The zero-order chi connectivity index (χ0) is 6.69. The third kappa shape index (κ3) is 1.42. The van der Waals surface area contributed by atoms with E-state index in [1.807, 2.05) is 24.3 Å². The standard InChI is InChI=1S/C7H9NO/c8-7(9)6-4-2-1-3-5-6/h1-4,6H,5H2,(H2,8,9). The van der Waals surface area contributed by atoms with Crippen molar-refractivity contribution in [1.82, 2.24) is 0 Å². The van der Waals surface area contributed by atoms with Gasteiger partial charge in [0, 0.05) is 0 Å². The second kappa shape index (κ2) is 2.49. The molecule has 0 aromatic rings. The zero-order valence-corrected chi connectivity index (χ0v) is 5.08. The fraction of sp³-hybridized carbons (Fsp3) is 0.286. The minimum absolute atomic E-state index is 0.0741. The zero-order valence-electron chi connectivity index (χ0n) is 5.08. The molecule has 0 aromatic carbocycles. The molecule has 2 heteroatoms. The van der Waals surface area contributed by atoms with Crippen LogP contribution in [-0.2, 0) is 4.79 Å². The van der Waals surface area contributed by atoms with Gasteiger partial charge in [-0.05, 0) is 6.42 Å². The van der Waals surface area contributed by atoms with E-state index in [4.69, 9.17) is 5.73 Å². The lowest BCUT2D eigenvalue weighted by atomic mass is 10.0. The molecule has 0 spiro atoms. The summed E-state index contributed by atoms with van der Waals surface area (Å²) in [5, 5.41) is 0. The molecule has 9 heavy (non-hydrogen) atoms. The molecule has 48 valence electrons. The van der Waals surface area contributed by atoms with Crippen LogP contribution in [0.4, 0.5) is 0 Å². The lowest BCUT2D eigenvalue weighted by Gasteiger charge is -2.06. The fourth-order valence-electron chi connectivity index (χ4n) is 0.792. The summed E-state index contributed by atoms with van der Waals surface area (Å²) in [5.41, 5.74) is 5.04. The lowest BCUT2D eigenvalue weighted by Crippen LogP contribution is -2.21. The van der Waals surface area contributed by atoms with Crippen molar-refractivity contribution in [1.29, 1.82) is 0 Å². The maximum atomic E-state index is 10.5. The molecule has 1 amide bonds. The third-order valence-corrected chi connectivity index (χ3v) is 1.35. The first-order chi connectivity index (χ1) is 4.30. The minimum Gasteiger partial charge on any atom is -0.369 e. The summed E-state index contributed by atoms with van der Waals surface area (Å²) in [6.07, 6.45) is 8.28. The first kappa shape index (κ1) is 6.08.